The molecule has 0 radical (unpaired) electrons. The van der Waals surface area contributed by atoms with E-state index in [1.807, 2.05) is 57.2 Å². The van der Waals surface area contributed by atoms with Gasteiger partial charge in [-0.25, -0.2) is 13.2 Å². The van der Waals surface area contributed by atoms with Crippen LogP contribution in [0.1, 0.15) is 57.6 Å². The summed E-state index contributed by atoms with van der Waals surface area (Å²) in [5, 5.41) is 8.89. The largest absolute Gasteiger partial charge is 0.487 e. The first-order valence-corrected chi connectivity index (χ1v) is 14.5. The number of benzene rings is 2. The molecular formula is C28H37NO6S. The Morgan fingerprint density at radius 2 is 1.72 bits per heavy atom. The van der Waals surface area contributed by atoms with Crippen LogP contribution in [0, 0.1) is 0 Å². The number of aliphatic hydroxyl groups is 1. The van der Waals surface area contributed by atoms with Gasteiger partial charge in [0.2, 0.25) is 0 Å². The van der Waals surface area contributed by atoms with Crippen molar-refractivity contribution in [2.24, 2.45) is 0 Å². The summed E-state index contributed by atoms with van der Waals surface area (Å²) >= 11 is 0. The van der Waals surface area contributed by atoms with Crippen LogP contribution in [0.3, 0.4) is 0 Å². The highest BCUT2D eigenvalue weighted by molar-refractivity contribution is 7.90. The van der Waals surface area contributed by atoms with Crippen LogP contribution < -0.4 is 4.74 Å². The van der Waals surface area contributed by atoms with Gasteiger partial charge in [0.25, 0.3) is 0 Å². The molecule has 0 saturated carbocycles. The molecule has 8 heteroatoms. The molecule has 1 saturated heterocycles. The lowest BCUT2D eigenvalue weighted by atomic mass is 9.82. The summed E-state index contributed by atoms with van der Waals surface area (Å²) in [7, 11) is -3.22. The number of hydrogen-bond acceptors (Lipinski definition) is 6. The minimum Gasteiger partial charge on any atom is -0.487 e. The number of piperidine rings is 1. The number of aryl methyl sites for hydroxylation is 1. The van der Waals surface area contributed by atoms with Crippen LogP contribution in [0.4, 0.5) is 4.79 Å². The molecule has 0 atom stereocenters. The van der Waals surface area contributed by atoms with Crippen molar-refractivity contribution in [1.29, 1.82) is 0 Å². The lowest BCUT2D eigenvalue weighted by Crippen LogP contribution is -2.52. The van der Waals surface area contributed by atoms with Crippen molar-refractivity contribution < 1.29 is 27.8 Å². The molecular weight excluding hydrogens is 478 g/mol. The van der Waals surface area contributed by atoms with Crippen molar-refractivity contribution in [1.82, 2.24) is 4.90 Å². The van der Waals surface area contributed by atoms with Gasteiger partial charge in [-0.3, -0.25) is 0 Å². The number of nitrogens with zero attached hydrogens (tertiary/aromatic N) is 1. The van der Waals surface area contributed by atoms with Crippen molar-refractivity contribution in [3.8, 4) is 16.9 Å². The molecule has 2 heterocycles. The van der Waals surface area contributed by atoms with Crippen molar-refractivity contribution in [3.63, 3.8) is 0 Å². The highest BCUT2D eigenvalue weighted by Crippen LogP contribution is 2.41. The first kappa shape index (κ1) is 26.5. The summed E-state index contributed by atoms with van der Waals surface area (Å²) in [6, 6.07) is 13.8. The highest BCUT2D eigenvalue weighted by Gasteiger charge is 2.41. The Morgan fingerprint density at radius 3 is 2.36 bits per heavy atom. The Bertz CT molecular complexity index is 1180. The SMILES string of the molecule is CC(C)(C)OC(=O)N1CCC2(CCc3cc(-c4ccc(CS(=O)(=O)CCCO)cc4)ccc3O2)CC1. The molecule has 4 rings (SSSR count). The fourth-order valence-electron chi connectivity index (χ4n) is 4.88. The van der Waals surface area contributed by atoms with Gasteiger partial charge < -0.3 is 19.5 Å². The fraction of sp³-hybridized carbons (Fsp3) is 0.536. The molecule has 2 aromatic carbocycles. The summed E-state index contributed by atoms with van der Waals surface area (Å²) in [5.74, 6) is 0.886. The van der Waals surface area contributed by atoms with E-state index in [1.54, 1.807) is 4.90 Å². The number of ether oxygens (including phenoxy) is 2. The number of hydrogen-bond donors (Lipinski definition) is 1. The molecule has 196 valence electrons. The number of sulfone groups is 1. The predicted molar refractivity (Wildman–Crippen MR) is 140 cm³/mol. The molecule has 7 nitrogen and oxygen atoms in total. The van der Waals surface area contributed by atoms with E-state index in [4.69, 9.17) is 14.6 Å². The lowest BCUT2D eigenvalue weighted by molar-refractivity contribution is -0.0272. The van der Waals surface area contributed by atoms with E-state index in [0.29, 0.717) is 13.1 Å². The van der Waals surface area contributed by atoms with E-state index < -0.39 is 15.4 Å². The third-order valence-electron chi connectivity index (χ3n) is 6.85. The van der Waals surface area contributed by atoms with E-state index in [2.05, 4.69) is 6.07 Å². The quantitative estimate of drug-likeness (QED) is 0.597. The van der Waals surface area contributed by atoms with Gasteiger partial charge in [0.05, 0.1) is 11.5 Å². The van der Waals surface area contributed by atoms with Crippen LogP contribution in [0.5, 0.6) is 5.75 Å². The number of rotatable bonds is 6. The molecule has 1 spiro atoms. The molecule has 36 heavy (non-hydrogen) atoms. The molecule has 1 fully saturated rings. The number of fused-ring (bicyclic) bond motifs is 1. The first-order valence-electron chi connectivity index (χ1n) is 12.7. The van der Waals surface area contributed by atoms with Crippen LogP contribution in [0.15, 0.2) is 42.5 Å². The maximum atomic E-state index is 12.4. The van der Waals surface area contributed by atoms with E-state index in [-0.39, 0.29) is 36.2 Å². The van der Waals surface area contributed by atoms with Crippen molar-refractivity contribution >= 4 is 15.9 Å². The Labute approximate surface area is 214 Å². The maximum absolute atomic E-state index is 12.4. The Hall–Kier alpha value is -2.58. The lowest BCUT2D eigenvalue weighted by Gasteiger charge is -2.44. The van der Waals surface area contributed by atoms with Crippen molar-refractivity contribution in [2.45, 2.75) is 69.8 Å². The molecule has 2 aliphatic rings. The minimum absolute atomic E-state index is 0.00337. The number of aliphatic hydroxyl groups excluding tert-OH is 1. The minimum atomic E-state index is -3.22. The van der Waals surface area contributed by atoms with Crippen LogP contribution in [0.2, 0.25) is 0 Å². The number of carbonyl (C=O) groups excluding carboxylic acids is 1. The van der Waals surface area contributed by atoms with Gasteiger partial charge in [0.15, 0.2) is 9.84 Å². The summed E-state index contributed by atoms with van der Waals surface area (Å²) in [4.78, 5) is 14.2. The topological polar surface area (TPSA) is 93.1 Å². The summed E-state index contributed by atoms with van der Waals surface area (Å²) in [5.41, 5.74) is 3.28. The zero-order chi connectivity index (χ0) is 26.0. The average Bonchev–Trinajstić information content (AvgIpc) is 2.82. The van der Waals surface area contributed by atoms with Crippen LogP contribution in [-0.4, -0.2) is 61.2 Å². The standard InChI is InChI=1S/C28H37NO6S/c1-27(2,3)35-26(31)29-15-13-28(14-16-29)12-11-24-19-23(9-10-25(24)34-28)22-7-5-21(6-8-22)20-36(32,33)18-4-17-30/h5-10,19,30H,4,11-18,20H2,1-3H3. The van der Waals surface area contributed by atoms with Crippen molar-refractivity contribution in [3.05, 3.63) is 53.6 Å². The normalized spacial score (nSPS) is 17.4. The van der Waals surface area contributed by atoms with E-state index in [1.165, 1.54) is 5.56 Å². The van der Waals surface area contributed by atoms with Gasteiger partial charge in [-0.15, -0.1) is 0 Å². The Balaban J connectivity index is 1.38. The second-order valence-electron chi connectivity index (χ2n) is 10.9. The van der Waals surface area contributed by atoms with Gasteiger partial charge in [-0.2, -0.15) is 0 Å². The number of carbonyl (C=O) groups is 1. The third kappa shape index (κ3) is 6.59. The van der Waals surface area contributed by atoms with E-state index >= 15 is 0 Å². The number of likely N-dealkylation sites (tertiary alicyclic amines) is 1. The molecule has 1 N–H and O–H groups in total. The molecule has 1 amide bonds. The summed E-state index contributed by atoms with van der Waals surface area (Å²) < 4.78 is 36.4. The third-order valence-corrected chi connectivity index (χ3v) is 8.53. The molecule has 2 aliphatic heterocycles. The van der Waals surface area contributed by atoms with Gasteiger partial charge in [-0.1, -0.05) is 30.3 Å². The average molecular weight is 516 g/mol. The summed E-state index contributed by atoms with van der Waals surface area (Å²) in [6.07, 6.45) is 3.41. The fourth-order valence-corrected chi connectivity index (χ4v) is 6.29. The Kier molecular flexibility index (Phi) is 7.67. The van der Waals surface area contributed by atoms with Crippen LogP contribution in [-0.2, 0) is 26.7 Å². The molecule has 0 aliphatic carbocycles. The van der Waals surface area contributed by atoms with Gasteiger partial charge >= 0.3 is 6.09 Å². The smallest absolute Gasteiger partial charge is 0.410 e. The predicted octanol–water partition coefficient (Wildman–Crippen LogP) is 4.75. The maximum Gasteiger partial charge on any atom is 0.410 e. The zero-order valence-electron chi connectivity index (χ0n) is 21.5. The highest BCUT2D eigenvalue weighted by atomic mass is 32.2. The van der Waals surface area contributed by atoms with E-state index in [0.717, 1.165) is 48.1 Å². The van der Waals surface area contributed by atoms with Gasteiger partial charge in [0.1, 0.15) is 17.0 Å². The molecule has 0 bridgehead atoms. The second-order valence-corrected chi connectivity index (χ2v) is 13.1. The van der Waals surface area contributed by atoms with Gasteiger partial charge in [-0.05, 0) is 74.4 Å². The zero-order valence-corrected chi connectivity index (χ0v) is 22.3. The molecule has 2 aromatic rings. The van der Waals surface area contributed by atoms with E-state index in [9.17, 15) is 13.2 Å². The first-order chi connectivity index (χ1) is 17.0. The van der Waals surface area contributed by atoms with Crippen molar-refractivity contribution in [2.75, 3.05) is 25.4 Å². The monoisotopic (exact) mass is 515 g/mol. The molecule has 0 unspecified atom stereocenters. The Morgan fingerprint density at radius 1 is 1.06 bits per heavy atom. The van der Waals surface area contributed by atoms with Gasteiger partial charge in [0, 0.05) is 32.5 Å². The second kappa shape index (κ2) is 10.4. The summed E-state index contributed by atoms with van der Waals surface area (Å²) in [6.45, 7) is 6.78. The van der Waals surface area contributed by atoms with Crippen LogP contribution >= 0.6 is 0 Å². The van der Waals surface area contributed by atoms with Crippen LogP contribution in [0.25, 0.3) is 11.1 Å². The molecule has 0 aromatic heterocycles. The number of amides is 1.